The van der Waals surface area contributed by atoms with Crippen molar-refractivity contribution < 1.29 is 28.9 Å². The average Bonchev–Trinajstić information content (AvgIpc) is 3.29. The molecule has 4 saturated carbocycles. The smallest absolute Gasteiger partial charge is 0.408 e. The SMILES string of the molecule is CC(C)[C@H](NC(=O)OC(C)(C)C)C(=O)O[C@H]1CC[C@]2(C)[C@H]3C[C@@H](O)[C@@H]4[C@@H]([C@@]5(C)CCCC(C)(C)O5)CC[C@@]4(C)[C@]3(C)CC[C@H]2C1(C)C. The fraction of sp³-hybridized carbons (Fsp3) is 0.950. The van der Waals surface area contributed by atoms with Gasteiger partial charge in [-0.1, -0.05) is 48.5 Å². The van der Waals surface area contributed by atoms with Gasteiger partial charge in [0, 0.05) is 5.41 Å². The van der Waals surface area contributed by atoms with Crippen molar-refractivity contribution in [2.24, 2.45) is 51.2 Å². The Morgan fingerprint density at radius 1 is 0.851 bits per heavy atom. The van der Waals surface area contributed by atoms with E-state index >= 15 is 0 Å². The number of ether oxygens (including phenoxy) is 3. The van der Waals surface area contributed by atoms with E-state index in [1.807, 2.05) is 34.6 Å². The number of hydrogen-bond donors (Lipinski definition) is 2. The highest BCUT2D eigenvalue weighted by atomic mass is 16.6. The van der Waals surface area contributed by atoms with E-state index in [0.717, 1.165) is 57.8 Å². The monoisotopic (exact) mass is 660 g/mol. The zero-order valence-corrected chi connectivity index (χ0v) is 32.2. The molecule has 1 amide bonds. The van der Waals surface area contributed by atoms with E-state index < -0.39 is 17.7 Å². The van der Waals surface area contributed by atoms with Crippen LogP contribution in [0, 0.1) is 51.2 Å². The second-order valence-electron chi connectivity index (χ2n) is 20.1. The second kappa shape index (κ2) is 11.9. The molecule has 7 heteroatoms. The topological polar surface area (TPSA) is 94.1 Å². The van der Waals surface area contributed by atoms with E-state index in [-0.39, 0.29) is 62.9 Å². The minimum atomic E-state index is -0.773. The molecule has 0 aromatic carbocycles. The number of aliphatic hydroxyl groups excluding tert-OH is 1. The average molecular weight is 660 g/mol. The van der Waals surface area contributed by atoms with Crippen LogP contribution in [-0.2, 0) is 19.0 Å². The predicted molar refractivity (Wildman–Crippen MR) is 186 cm³/mol. The van der Waals surface area contributed by atoms with Crippen molar-refractivity contribution in [2.75, 3.05) is 0 Å². The molecule has 11 atom stereocenters. The van der Waals surface area contributed by atoms with E-state index in [2.05, 4.69) is 60.7 Å². The summed E-state index contributed by atoms with van der Waals surface area (Å²) < 4.78 is 18.7. The van der Waals surface area contributed by atoms with Crippen LogP contribution in [0.5, 0.6) is 0 Å². The van der Waals surface area contributed by atoms with Crippen molar-refractivity contribution in [3.63, 3.8) is 0 Å². The Morgan fingerprint density at radius 2 is 1.49 bits per heavy atom. The Morgan fingerprint density at radius 3 is 2.09 bits per heavy atom. The van der Waals surface area contributed by atoms with Crippen molar-refractivity contribution in [3.05, 3.63) is 0 Å². The zero-order chi connectivity index (χ0) is 35.2. The van der Waals surface area contributed by atoms with Crippen molar-refractivity contribution in [1.82, 2.24) is 5.32 Å². The molecular formula is C40H69NO6. The second-order valence-corrected chi connectivity index (χ2v) is 20.1. The lowest BCUT2D eigenvalue weighted by atomic mass is 9.35. The zero-order valence-electron chi connectivity index (χ0n) is 32.2. The van der Waals surface area contributed by atoms with Crippen LogP contribution in [0.2, 0.25) is 0 Å². The van der Waals surface area contributed by atoms with Gasteiger partial charge in [0.2, 0.25) is 0 Å². The normalized spacial score (nSPS) is 44.8. The van der Waals surface area contributed by atoms with E-state index in [4.69, 9.17) is 14.2 Å². The van der Waals surface area contributed by atoms with E-state index in [9.17, 15) is 14.7 Å². The van der Waals surface area contributed by atoms with Crippen LogP contribution in [0.1, 0.15) is 154 Å². The summed E-state index contributed by atoms with van der Waals surface area (Å²) in [4.78, 5) is 26.3. The standard InChI is InChI=1S/C40H69NO6/c1-24(2)31(41-33(44)46-34(3,4)5)32(43)45-29-17-20-37(10)27(36(29,8)9)16-22-38(11)28(37)23-26(42)30-25(15-21-39(30,38)12)40(13)19-14-18-35(6,7)47-40/h24-31,42H,14-23H2,1-13H3,(H,41,44)/t25-,26+,27-,28+,29-,30-,31-,37-,38+,39+,40+/m0/s1. The minimum Gasteiger partial charge on any atom is -0.460 e. The first kappa shape index (κ1) is 36.9. The van der Waals surface area contributed by atoms with Gasteiger partial charge in [0.05, 0.1) is 17.3 Å². The van der Waals surface area contributed by atoms with Gasteiger partial charge in [-0.15, -0.1) is 0 Å². The molecule has 0 unspecified atom stereocenters. The third-order valence-electron chi connectivity index (χ3n) is 14.9. The molecule has 2 N–H and O–H groups in total. The van der Waals surface area contributed by atoms with Crippen LogP contribution in [0.3, 0.4) is 0 Å². The van der Waals surface area contributed by atoms with E-state index in [1.165, 1.54) is 6.42 Å². The molecule has 1 aliphatic heterocycles. The lowest BCUT2D eigenvalue weighted by Crippen LogP contribution is -2.67. The fourth-order valence-corrected chi connectivity index (χ4v) is 12.6. The molecule has 7 nitrogen and oxygen atoms in total. The highest BCUT2D eigenvalue weighted by molar-refractivity contribution is 5.81. The number of carbonyl (C=O) groups is 2. The molecule has 0 aromatic heterocycles. The summed E-state index contributed by atoms with van der Waals surface area (Å²) in [6.45, 7) is 28.3. The summed E-state index contributed by atoms with van der Waals surface area (Å²) >= 11 is 0. The Balaban J connectivity index is 1.36. The maximum Gasteiger partial charge on any atom is 0.408 e. The summed E-state index contributed by atoms with van der Waals surface area (Å²) in [5, 5.41) is 15.0. The number of esters is 1. The predicted octanol–water partition coefficient (Wildman–Crippen LogP) is 8.84. The van der Waals surface area contributed by atoms with Gasteiger partial charge in [-0.25, -0.2) is 9.59 Å². The molecule has 0 bridgehead atoms. The van der Waals surface area contributed by atoms with Crippen molar-refractivity contribution in [3.8, 4) is 0 Å². The van der Waals surface area contributed by atoms with Gasteiger partial charge in [-0.2, -0.15) is 0 Å². The summed E-state index contributed by atoms with van der Waals surface area (Å²) in [5.74, 6) is 0.866. The van der Waals surface area contributed by atoms with Crippen LogP contribution < -0.4 is 5.32 Å². The number of alkyl carbamates (subject to hydrolysis) is 1. The molecule has 5 fully saturated rings. The molecule has 47 heavy (non-hydrogen) atoms. The highest BCUT2D eigenvalue weighted by Gasteiger charge is 2.72. The van der Waals surface area contributed by atoms with Crippen LogP contribution in [0.25, 0.3) is 0 Å². The molecule has 4 aliphatic carbocycles. The van der Waals surface area contributed by atoms with Crippen LogP contribution >= 0.6 is 0 Å². The molecule has 1 heterocycles. The van der Waals surface area contributed by atoms with Gasteiger partial charge in [-0.05, 0) is 152 Å². The molecule has 0 aromatic rings. The molecule has 1 saturated heterocycles. The molecule has 0 spiro atoms. The fourth-order valence-electron chi connectivity index (χ4n) is 12.6. The summed E-state index contributed by atoms with van der Waals surface area (Å²) in [5.41, 5.74) is -0.990. The largest absolute Gasteiger partial charge is 0.460 e. The molecule has 270 valence electrons. The van der Waals surface area contributed by atoms with Crippen LogP contribution in [0.4, 0.5) is 4.79 Å². The van der Waals surface area contributed by atoms with Crippen molar-refractivity contribution >= 4 is 12.1 Å². The van der Waals surface area contributed by atoms with Crippen molar-refractivity contribution in [1.29, 1.82) is 0 Å². The molecular weight excluding hydrogens is 590 g/mol. The Kier molecular flexibility index (Phi) is 9.33. The number of nitrogens with one attached hydrogen (secondary N) is 1. The third-order valence-corrected chi connectivity index (χ3v) is 14.9. The number of carbonyl (C=O) groups excluding carboxylic acids is 2. The lowest BCUT2D eigenvalue weighted by molar-refractivity contribution is -0.259. The lowest BCUT2D eigenvalue weighted by Gasteiger charge is -2.70. The molecule has 5 aliphatic rings. The van der Waals surface area contributed by atoms with Gasteiger partial charge in [0.25, 0.3) is 0 Å². The third kappa shape index (κ3) is 6.18. The molecule has 0 radical (unpaired) electrons. The maximum absolute atomic E-state index is 13.7. The van der Waals surface area contributed by atoms with Crippen LogP contribution in [-0.4, -0.2) is 52.2 Å². The Labute approximate surface area is 286 Å². The van der Waals surface area contributed by atoms with Gasteiger partial charge in [0.1, 0.15) is 17.7 Å². The quantitative estimate of drug-likeness (QED) is 0.287. The number of rotatable bonds is 5. The first-order chi connectivity index (χ1) is 21.4. The van der Waals surface area contributed by atoms with Gasteiger partial charge in [-0.3, -0.25) is 0 Å². The highest BCUT2D eigenvalue weighted by Crippen LogP contribution is 2.76. The minimum absolute atomic E-state index is 0.0336. The van der Waals surface area contributed by atoms with Gasteiger partial charge >= 0.3 is 12.1 Å². The number of fused-ring (bicyclic) bond motifs is 5. The first-order valence-electron chi connectivity index (χ1n) is 19.0. The summed E-state index contributed by atoms with van der Waals surface area (Å²) in [7, 11) is 0. The van der Waals surface area contributed by atoms with E-state index in [0.29, 0.717) is 17.8 Å². The number of aliphatic hydroxyl groups is 1. The summed E-state index contributed by atoms with van der Waals surface area (Å²) in [6.07, 6.45) is 9.31. The van der Waals surface area contributed by atoms with Gasteiger partial charge in [0.15, 0.2) is 0 Å². The maximum atomic E-state index is 13.7. The van der Waals surface area contributed by atoms with E-state index in [1.54, 1.807) is 0 Å². The molecule has 5 rings (SSSR count). The number of hydrogen-bond acceptors (Lipinski definition) is 6. The van der Waals surface area contributed by atoms with Crippen molar-refractivity contribution in [2.45, 2.75) is 189 Å². The van der Waals surface area contributed by atoms with Crippen LogP contribution in [0.15, 0.2) is 0 Å². The first-order valence-corrected chi connectivity index (χ1v) is 19.0. The summed E-state index contributed by atoms with van der Waals surface area (Å²) in [6, 6.07) is -0.773. The Bertz CT molecular complexity index is 1210. The number of amides is 1. The Hall–Kier alpha value is -1.34. The van der Waals surface area contributed by atoms with Gasteiger partial charge < -0.3 is 24.6 Å².